The second-order valence-corrected chi connectivity index (χ2v) is 16.8. The molecule has 4 amide bonds. The first kappa shape index (κ1) is 40.0. The SMILES string of the molecule is Cc1cc2cc(n1)-c1cnn(C)c1OCCC[C@@H](C)CN1/C(=N/C2=O)Nc2ccc(N3CCC(C(=O)N4CC(Nc5cc(F)c([C@H]6CCC(=O)NC6=O)c(F)c5)C4)CC3)cc21. The molecule has 2 bridgehead atoms. The number of nitrogens with one attached hydrogen (secondary N) is 3. The summed E-state index contributed by atoms with van der Waals surface area (Å²) < 4.78 is 38.0. The van der Waals surface area contributed by atoms with Crippen molar-refractivity contribution < 1.29 is 32.7 Å². The first-order valence-electron chi connectivity index (χ1n) is 21.0. The minimum Gasteiger partial charge on any atom is -0.477 e. The third kappa shape index (κ3) is 8.00. The molecular weight excluding hydrogens is 787 g/mol. The highest BCUT2D eigenvalue weighted by molar-refractivity contribution is 6.19. The van der Waals surface area contributed by atoms with Crippen molar-refractivity contribution >= 4 is 52.3 Å². The van der Waals surface area contributed by atoms with Crippen LogP contribution in [0.2, 0.25) is 0 Å². The number of amides is 4. The maximum absolute atomic E-state index is 15.1. The van der Waals surface area contributed by atoms with Crippen molar-refractivity contribution in [1.82, 2.24) is 25.0 Å². The molecular formula is C44H48F2N10O5. The fourth-order valence-electron chi connectivity index (χ4n) is 9.09. The van der Waals surface area contributed by atoms with Gasteiger partial charge in [0.25, 0.3) is 5.91 Å². The second-order valence-electron chi connectivity index (χ2n) is 16.8. The fraction of sp³-hybridized carbons (Fsp3) is 0.432. The number of carbonyl (C=O) groups excluding carboxylic acids is 4. The Morgan fingerprint density at radius 3 is 2.48 bits per heavy atom. The van der Waals surface area contributed by atoms with E-state index in [1.165, 1.54) is 0 Å². The molecule has 3 saturated heterocycles. The van der Waals surface area contributed by atoms with Crippen molar-refractivity contribution in [3.8, 4) is 17.1 Å². The Labute approximate surface area is 351 Å². The first-order valence-corrected chi connectivity index (χ1v) is 21.0. The van der Waals surface area contributed by atoms with E-state index in [0.717, 1.165) is 47.6 Å². The molecule has 17 heteroatoms. The number of hydrogen-bond donors (Lipinski definition) is 3. The summed E-state index contributed by atoms with van der Waals surface area (Å²) in [4.78, 5) is 66.6. The van der Waals surface area contributed by atoms with E-state index in [2.05, 4.69) is 54.9 Å². The summed E-state index contributed by atoms with van der Waals surface area (Å²) in [7, 11) is 1.83. The average molecular weight is 835 g/mol. The van der Waals surface area contributed by atoms with E-state index >= 15 is 8.78 Å². The van der Waals surface area contributed by atoms with Crippen LogP contribution in [-0.2, 0) is 21.4 Å². The molecule has 3 N–H and O–H groups in total. The van der Waals surface area contributed by atoms with Gasteiger partial charge in [-0.15, -0.1) is 0 Å². The zero-order valence-electron chi connectivity index (χ0n) is 34.3. The number of halogens is 2. The van der Waals surface area contributed by atoms with Crippen LogP contribution in [0.5, 0.6) is 5.88 Å². The van der Waals surface area contributed by atoms with E-state index in [0.29, 0.717) is 81.0 Å². The van der Waals surface area contributed by atoms with Gasteiger partial charge in [0.05, 0.1) is 47.4 Å². The van der Waals surface area contributed by atoms with Crippen LogP contribution in [0.1, 0.15) is 73.0 Å². The Bertz CT molecular complexity index is 2430. The maximum Gasteiger partial charge on any atom is 0.280 e. The minimum absolute atomic E-state index is 0.0202. The highest BCUT2D eigenvalue weighted by atomic mass is 19.1. The summed E-state index contributed by atoms with van der Waals surface area (Å²) in [6.07, 6.45) is 4.84. The van der Waals surface area contributed by atoms with Gasteiger partial charge in [-0.05, 0) is 87.4 Å². The van der Waals surface area contributed by atoms with Gasteiger partial charge in [-0.3, -0.25) is 29.5 Å². The lowest BCUT2D eigenvalue weighted by atomic mass is 9.89. The number of carbonyl (C=O) groups is 4. The van der Waals surface area contributed by atoms with Crippen LogP contribution >= 0.6 is 0 Å². The lowest BCUT2D eigenvalue weighted by Crippen LogP contribution is -2.59. The van der Waals surface area contributed by atoms with Gasteiger partial charge in [0, 0.05) is 80.3 Å². The van der Waals surface area contributed by atoms with E-state index in [4.69, 9.17) is 9.72 Å². The zero-order valence-corrected chi connectivity index (χ0v) is 34.3. The highest BCUT2D eigenvalue weighted by Crippen LogP contribution is 2.39. The molecule has 4 aromatic rings. The molecule has 0 aliphatic carbocycles. The molecule has 2 aromatic carbocycles. The molecule has 0 spiro atoms. The molecule has 2 atom stereocenters. The van der Waals surface area contributed by atoms with E-state index in [1.807, 2.05) is 20.0 Å². The van der Waals surface area contributed by atoms with Crippen molar-refractivity contribution in [2.24, 2.45) is 23.9 Å². The van der Waals surface area contributed by atoms with Crippen LogP contribution in [0.15, 0.2) is 53.7 Å². The quantitative estimate of drug-likeness (QED) is 0.222. The predicted octanol–water partition coefficient (Wildman–Crippen LogP) is 5.37. The Balaban J connectivity index is 0.836. The van der Waals surface area contributed by atoms with Crippen LogP contribution in [-0.4, -0.2) is 94.6 Å². The third-order valence-electron chi connectivity index (χ3n) is 12.4. The van der Waals surface area contributed by atoms with E-state index in [-0.39, 0.29) is 53.8 Å². The molecule has 61 heavy (non-hydrogen) atoms. The number of pyridine rings is 1. The number of aromatic nitrogens is 3. The Morgan fingerprint density at radius 2 is 1.72 bits per heavy atom. The lowest BCUT2D eigenvalue weighted by molar-refractivity contribution is -0.140. The number of likely N-dealkylation sites (tertiary alicyclic amines) is 1. The topological polar surface area (TPSA) is 166 Å². The van der Waals surface area contributed by atoms with Gasteiger partial charge in [-0.2, -0.15) is 10.1 Å². The highest BCUT2D eigenvalue weighted by Gasteiger charge is 2.38. The molecule has 3 fully saturated rings. The summed E-state index contributed by atoms with van der Waals surface area (Å²) >= 11 is 0. The molecule has 0 unspecified atom stereocenters. The smallest absolute Gasteiger partial charge is 0.280 e. The van der Waals surface area contributed by atoms with Crippen LogP contribution in [0.25, 0.3) is 11.3 Å². The molecule has 0 saturated carbocycles. The number of hydrogen-bond acceptors (Lipinski definition) is 11. The summed E-state index contributed by atoms with van der Waals surface area (Å²) in [5.41, 5.74) is 5.12. The normalized spacial score (nSPS) is 22.0. The van der Waals surface area contributed by atoms with Gasteiger partial charge in [0.15, 0.2) is 0 Å². The largest absolute Gasteiger partial charge is 0.477 e. The van der Waals surface area contributed by atoms with Crippen LogP contribution in [0.4, 0.5) is 31.5 Å². The summed E-state index contributed by atoms with van der Waals surface area (Å²) in [5, 5.41) is 13.1. The van der Waals surface area contributed by atoms with E-state index in [9.17, 15) is 19.2 Å². The number of fused-ring (bicyclic) bond motifs is 7. The Kier molecular flexibility index (Phi) is 10.7. The monoisotopic (exact) mass is 834 g/mol. The van der Waals surface area contributed by atoms with E-state index < -0.39 is 29.4 Å². The van der Waals surface area contributed by atoms with Gasteiger partial charge < -0.3 is 30.1 Å². The fourth-order valence-corrected chi connectivity index (χ4v) is 9.09. The number of benzene rings is 2. The third-order valence-corrected chi connectivity index (χ3v) is 12.4. The van der Waals surface area contributed by atoms with Gasteiger partial charge in [-0.1, -0.05) is 6.92 Å². The second kappa shape index (κ2) is 16.2. The molecule has 9 rings (SSSR count). The average Bonchev–Trinajstić information content (AvgIpc) is 3.75. The zero-order chi connectivity index (χ0) is 42.5. The van der Waals surface area contributed by atoms with Gasteiger partial charge in [0.2, 0.25) is 29.6 Å². The van der Waals surface area contributed by atoms with Gasteiger partial charge in [-0.25, -0.2) is 13.5 Å². The van der Waals surface area contributed by atoms with Gasteiger partial charge >= 0.3 is 0 Å². The molecule has 15 nitrogen and oxygen atoms in total. The van der Waals surface area contributed by atoms with Gasteiger partial charge in [0.1, 0.15) is 11.6 Å². The number of piperidine rings is 2. The summed E-state index contributed by atoms with van der Waals surface area (Å²) in [6.45, 7) is 7.38. The molecule has 0 radical (unpaired) electrons. The standard InChI is InChI=1S/C44H48F2N10O5/c1-24-5-4-14-61-43-32(20-47-53(43)3)36-16-27(15-25(2)48-36)40(58)52-44-50-35-8-6-30(19-37(35)56(44)21-24)54-12-10-26(11-13-54)42(60)55-22-29(23-55)49-28-17-33(45)39(34(46)18-28)31-7-9-38(57)51-41(31)59/h6,8,15-20,24,26,29,31,49H,4-5,7,9-14,21-23H2,1-3H3,(H,50,52,58)(H,51,57,59)/t24-,31-/m1/s1. The van der Waals surface area contributed by atoms with Crippen molar-refractivity contribution in [2.45, 2.75) is 64.3 Å². The summed E-state index contributed by atoms with van der Waals surface area (Å²) in [6, 6.07) is 11.8. The Morgan fingerprint density at radius 1 is 0.951 bits per heavy atom. The first-order chi connectivity index (χ1) is 29.4. The van der Waals surface area contributed by atoms with Crippen molar-refractivity contribution in [3.05, 3.63) is 77.1 Å². The lowest BCUT2D eigenvalue weighted by Gasteiger charge is -2.43. The number of guanidine groups is 1. The van der Waals surface area contributed by atoms with Crippen molar-refractivity contribution in [2.75, 3.05) is 59.8 Å². The number of rotatable bonds is 5. The summed E-state index contributed by atoms with van der Waals surface area (Å²) in [5.74, 6) is -3.05. The number of aryl methyl sites for hydroxylation is 2. The van der Waals surface area contributed by atoms with Crippen molar-refractivity contribution in [3.63, 3.8) is 0 Å². The Hall–Kier alpha value is -6.39. The molecule has 2 aromatic heterocycles. The number of anilines is 4. The van der Waals surface area contributed by atoms with Crippen LogP contribution in [0, 0.1) is 30.4 Å². The van der Waals surface area contributed by atoms with E-state index in [1.54, 1.807) is 27.9 Å². The molecule has 5 aliphatic heterocycles. The predicted molar refractivity (Wildman–Crippen MR) is 225 cm³/mol. The number of imide groups is 1. The minimum atomic E-state index is -1.06. The molecule has 318 valence electrons. The molecule has 5 aliphatic rings. The van der Waals surface area contributed by atoms with Crippen LogP contribution in [0.3, 0.4) is 0 Å². The number of ether oxygens (including phenoxy) is 1. The van der Waals surface area contributed by atoms with Crippen LogP contribution < -0.4 is 30.5 Å². The molecule has 7 heterocycles. The van der Waals surface area contributed by atoms with Crippen molar-refractivity contribution in [1.29, 1.82) is 0 Å². The maximum atomic E-state index is 15.1. The number of aliphatic imine (C=N–C) groups is 1. The number of nitrogens with zero attached hydrogens (tertiary/aromatic N) is 7.